The zero-order chi connectivity index (χ0) is 49.8. The maximum Gasteiger partial charge on any atom is 0.339 e. The number of phenolic OH excluding ortho intramolecular Hbond substituents is 15. The third-order valence-electron chi connectivity index (χ3n) is 9.04. The Morgan fingerprint density at radius 3 is 0.882 bits per heavy atom. The van der Waals surface area contributed by atoms with Crippen molar-refractivity contribution in [1.29, 1.82) is 0 Å². The number of ether oxygens (including phenoxy) is 5. The molecule has 0 fully saturated rings. The molecule has 0 heterocycles. The highest BCUT2D eigenvalue weighted by molar-refractivity contribution is 5.95. The predicted octanol–water partition coefficient (Wildman–Crippen LogP) is 0.704. The van der Waals surface area contributed by atoms with E-state index in [1.54, 1.807) is 0 Å². The number of hydrogen-bond donors (Lipinski definition) is 15. The second-order valence-corrected chi connectivity index (χ2v) is 13.6. The zero-order valence-corrected chi connectivity index (χ0v) is 33.6. The Labute approximate surface area is 376 Å². The normalized spacial score (nSPS) is 12.5. The molecule has 68 heavy (non-hydrogen) atoms. The van der Waals surface area contributed by atoms with Gasteiger partial charge in [-0.25, -0.2) is 24.0 Å². The van der Waals surface area contributed by atoms with E-state index >= 15 is 0 Å². The van der Waals surface area contributed by atoms with Gasteiger partial charge in [0.1, 0.15) is 6.61 Å². The summed E-state index contributed by atoms with van der Waals surface area (Å²) < 4.78 is 26.7. The van der Waals surface area contributed by atoms with E-state index in [0.29, 0.717) is 60.7 Å². The SMILES string of the molecule is O.O=C[C@H](OC(=O)c1cc(O)c(O)c(O)c1)[C@@H](OC(=O)c1cc(O)c(O)c(O)c1)[C@H](OC(=O)c1cc(O)c(O)c(O)c1)[C@@H](COC(=O)c1cc(O)c(O)c(O)c1)OC(=O)c1cc(O)c(O)c(O)c1. The number of phenols is 15. The van der Waals surface area contributed by atoms with Crippen molar-refractivity contribution in [1.82, 2.24) is 0 Å². The van der Waals surface area contributed by atoms with Gasteiger partial charge < -0.3 is 106 Å². The Bertz CT molecular complexity index is 2700. The quantitative estimate of drug-likeness (QED) is 0.0297. The van der Waals surface area contributed by atoms with E-state index in [2.05, 4.69) is 0 Å². The van der Waals surface area contributed by atoms with Crippen LogP contribution in [-0.4, -0.2) is 149 Å². The van der Waals surface area contributed by atoms with E-state index in [1.807, 2.05) is 0 Å². The first-order valence-corrected chi connectivity index (χ1v) is 18.1. The molecule has 0 saturated carbocycles. The first kappa shape index (κ1) is 50.7. The van der Waals surface area contributed by atoms with Crippen molar-refractivity contribution >= 4 is 36.1 Å². The second kappa shape index (κ2) is 20.3. The summed E-state index contributed by atoms with van der Waals surface area (Å²) in [6.07, 6.45) is -11.3. The third-order valence-corrected chi connectivity index (χ3v) is 9.04. The highest BCUT2D eigenvalue weighted by Gasteiger charge is 2.46. The summed E-state index contributed by atoms with van der Waals surface area (Å²) in [6, 6.07) is 4.93. The van der Waals surface area contributed by atoms with Crippen molar-refractivity contribution in [2.45, 2.75) is 24.4 Å². The van der Waals surface area contributed by atoms with Gasteiger partial charge >= 0.3 is 29.8 Å². The first-order valence-electron chi connectivity index (χ1n) is 18.1. The molecule has 0 amide bonds. The molecule has 0 saturated heterocycles. The van der Waals surface area contributed by atoms with E-state index in [-0.39, 0.29) is 11.8 Å². The Morgan fingerprint density at radius 2 is 0.603 bits per heavy atom. The average Bonchev–Trinajstić information content (AvgIpc) is 3.27. The number of benzene rings is 5. The van der Waals surface area contributed by atoms with Crippen molar-refractivity contribution < 1.29 is 135 Å². The molecular weight excluding hydrogens is 924 g/mol. The van der Waals surface area contributed by atoms with Gasteiger partial charge in [-0.2, -0.15) is 0 Å². The van der Waals surface area contributed by atoms with Crippen molar-refractivity contribution in [2.24, 2.45) is 0 Å². The Morgan fingerprint density at radius 1 is 0.368 bits per heavy atom. The smallest absolute Gasteiger partial charge is 0.339 e. The highest BCUT2D eigenvalue weighted by atomic mass is 16.6. The summed E-state index contributed by atoms with van der Waals surface area (Å²) in [5.41, 5.74) is -4.32. The number of carbonyl (C=O) groups excluding carboxylic acids is 6. The van der Waals surface area contributed by atoms with Crippen LogP contribution in [0.4, 0.5) is 0 Å². The molecule has 0 aliphatic rings. The van der Waals surface area contributed by atoms with Crippen LogP contribution in [0.5, 0.6) is 86.2 Å². The number of aldehydes is 1. The van der Waals surface area contributed by atoms with Crippen LogP contribution in [0.1, 0.15) is 51.8 Å². The summed E-state index contributed by atoms with van der Waals surface area (Å²) >= 11 is 0. The molecular formula is C41H34O27. The maximum absolute atomic E-state index is 13.9. The molecule has 0 bridgehead atoms. The Kier molecular flexibility index (Phi) is 15.1. The highest BCUT2D eigenvalue weighted by Crippen LogP contribution is 2.40. The topological polar surface area (TPSA) is 484 Å². The minimum absolute atomic E-state index is 0. The molecule has 0 aliphatic carbocycles. The summed E-state index contributed by atoms with van der Waals surface area (Å²) in [6.45, 7) is -1.51. The molecule has 0 aliphatic heterocycles. The van der Waals surface area contributed by atoms with Crippen LogP contribution in [0.2, 0.25) is 0 Å². The molecule has 17 N–H and O–H groups in total. The van der Waals surface area contributed by atoms with Crippen LogP contribution in [0.15, 0.2) is 60.7 Å². The van der Waals surface area contributed by atoms with Crippen molar-refractivity contribution in [2.75, 3.05) is 6.61 Å². The van der Waals surface area contributed by atoms with Crippen LogP contribution >= 0.6 is 0 Å². The summed E-state index contributed by atoms with van der Waals surface area (Å²) in [7, 11) is 0. The van der Waals surface area contributed by atoms with Crippen LogP contribution in [0.3, 0.4) is 0 Å². The van der Waals surface area contributed by atoms with E-state index in [1.165, 1.54) is 0 Å². The second-order valence-electron chi connectivity index (χ2n) is 13.6. The van der Waals surface area contributed by atoms with E-state index < -0.39 is 175 Å². The van der Waals surface area contributed by atoms with E-state index in [0.717, 1.165) is 0 Å². The fourth-order valence-electron chi connectivity index (χ4n) is 5.68. The molecule has 4 atom stereocenters. The molecule has 0 radical (unpaired) electrons. The molecule has 0 unspecified atom stereocenters. The van der Waals surface area contributed by atoms with Crippen LogP contribution in [0, 0.1) is 0 Å². The minimum atomic E-state index is -2.82. The van der Waals surface area contributed by atoms with Gasteiger partial charge in [0.2, 0.25) is 0 Å². The molecule has 0 aromatic heterocycles. The molecule has 27 nitrogen and oxygen atoms in total. The Hall–Kier alpha value is -9.92. The van der Waals surface area contributed by atoms with Crippen LogP contribution in [-0.2, 0) is 28.5 Å². The standard InChI is InChI=1S/C41H32O26.H2O/c42-11-28(64-38(59)14-3-20(45)31(54)21(46)4-14)35(66-40(61)16-7-24(49)33(56)25(50)8-16)36(67-41(62)17-9-26(51)34(57)27(52)10-17)29(65-39(60)15-5-22(47)32(55)23(48)6-15)12-63-37(58)13-1-18(43)30(53)19(44)2-13;/h1-11,28-29,35-36,43-57H,12H2;1H2/t28-,29+,35+,36+;/m0./s1. The van der Waals surface area contributed by atoms with Gasteiger partial charge in [0, 0.05) is 0 Å². The number of carbonyl (C=O) groups is 6. The van der Waals surface area contributed by atoms with Crippen LogP contribution < -0.4 is 0 Å². The lowest BCUT2D eigenvalue weighted by Gasteiger charge is -2.34. The van der Waals surface area contributed by atoms with Gasteiger partial charge in [0.25, 0.3) is 0 Å². The van der Waals surface area contributed by atoms with E-state index in [9.17, 15) is 105 Å². The lowest BCUT2D eigenvalue weighted by molar-refractivity contribution is -0.143. The fourth-order valence-corrected chi connectivity index (χ4v) is 5.68. The number of rotatable bonds is 15. The van der Waals surface area contributed by atoms with E-state index in [4.69, 9.17) is 23.7 Å². The third kappa shape index (κ3) is 10.9. The van der Waals surface area contributed by atoms with Crippen molar-refractivity contribution in [3.63, 3.8) is 0 Å². The summed E-state index contributed by atoms with van der Waals surface area (Å²) in [5.74, 6) is -25.8. The molecule has 0 spiro atoms. The molecule has 5 aromatic rings. The van der Waals surface area contributed by atoms with Gasteiger partial charge in [-0.15, -0.1) is 0 Å². The molecule has 360 valence electrons. The lowest BCUT2D eigenvalue weighted by Crippen LogP contribution is -2.54. The summed E-state index contributed by atoms with van der Waals surface area (Å²) in [5, 5.41) is 150. The average molecular weight is 959 g/mol. The Balaban J connectivity index is 0.0000101. The largest absolute Gasteiger partial charge is 0.504 e. The van der Waals surface area contributed by atoms with Gasteiger partial charge in [-0.05, 0) is 60.7 Å². The number of hydrogen-bond acceptors (Lipinski definition) is 26. The predicted molar refractivity (Wildman–Crippen MR) is 214 cm³/mol. The monoisotopic (exact) mass is 958 g/mol. The molecule has 5 rings (SSSR count). The van der Waals surface area contributed by atoms with Crippen molar-refractivity contribution in [3.05, 3.63) is 88.5 Å². The molecule has 27 heteroatoms. The first-order chi connectivity index (χ1) is 31.4. The minimum Gasteiger partial charge on any atom is -0.504 e. The zero-order valence-electron chi connectivity index (χ0n) is 33.6. The number of esters is 5. The lowest BCUT2D eigenvalue weighted by atomic mass is 10.0. The summed E-state index contributed by atoms with van der Waals surface area (Å²) in [4.78, 5) is 81.3. The van der Waals surface area contributed by atoms with Gasteiger partial charge in [0.15, 0.2) is 117 Å². The number of aromatic hydroxyl groups is 15. The van der Waals surface area contributed by atoms with Gasteiger partial charge in [-0.3, -0.25) is 4.79 Å². The van der Waals surface area contributed by atoms with Crippen molar-refractivity contribution in [3.8, 4) is 86.2 Å². The van der Waals surface area contributed by atoms with Gasteiger partial charge in [-0.1, -0.05) is 0 Å². The maximum atomic E-state index is 13.9. The molecule has 5 aromatic carbocycles. The van der Waals surface area contributed by atoms with Crippen LogP contribution in [0.25, 0.3) is 0 Å². The fraction of sp³-hybridized carbons (Fsp3) is 0.122. The van der Waals surface area contributed by atoms with Gasteiger partial charge in [0.05, 0.1) is 27.8 Å².